The van der Waals surface area contributed by atoms with Gasteiger partial charge in [-0.25, -0.2) is 8.78 Å². The molecule has 1 N–H and O–H groups in total. The molecule has 3 rings (SSSR count). The monoisotopic (exact) mass is 294 g/mol. The van der Waals surface area contributed by atoms with Gasteiger partial charge in [-0.05, 0) is 59.9 Å². The van der Waals surface area contributed by atoms with Gasteiger partial charge in [0.05, 0.1) is 5.60 Å². The summed E-state index contributed by atoms with van der Waals surface area (Å²) >= 11 is 5.87. The molecule has 0 saturated carbocycles. The van der Waals surface area contributed by atoms with Crippen LogP contribution in [0.15, 0.2) is 36.4 Å². The van der Waals surface area contributed by atoms with E-state index in [0.29, 0.717) is 29.0 Å². The van der Waals surface area contributed by atoms with Gasteiger partial charge in [-0.1, -0.05) is 17.7 Å². The molecule has 0 radical (unpaired) electrons. The van der Waals surface area contributed by atoms with Gasteiger partial charge in [0, 0.05) is 11.4 Å². The lowest BCUT2D eigenvalue weighted by atomic mass is 9.88. The van der Waals surface area contributed by atoms with Crippen LogP contribution in [-0.2, 0) is 18.4 Å². The molecule has 1 nitrogen and oxygen atoms in total. The molecule has 0 amide bonds. The average molecular weight is 295 g/mol. The SMILES string of the molecule is OC1(Cc2cc(Cl)ccc2F)CCc2cc(F)ccc21. The quantitative estimate of drug-likeness (QED) is 0.888. The van der Waals surface area contributed by atoms with E-state index in [1.165, 1.54) is 30.3 Å². The third-order valence-corrected chi connectivity index (χ3v) is 4.10. The smallest absolute Gasteiger partial charge is 0.126 e. The summed E-state index contributed by atoms with van der Waals surface area (Å²) in [4.78, 5) is 0. The van der Waals surface area contributed by atoms with Crippen molar-refractivity contribution in [3.8, 4) is 0 Å². The van der Waals surface area contributed by atoms with Crippen LogP contribution in [0.3, 0.4) is 0 Å². The molecule has 0 fully saturated rings. The van der Waals surface area contributed by atoms with Crippen molar-refractivity contribution in [2.24, 2.45) is 0 Å². The summed E-state index contributed by atoms with van der Waals surface area (Å²) in [7, 11) is 0. The first-order valence-corrected chi connectivity index (χ1v) is 6.81. The minimum absolute atomic E-state index is 0.137. The fourth-order valence-electron chi connectivity index (χ4n) is 2.88. The first kappa shape index (κ1) is 13.5. The van der Waals surface area contributed by atoms with Crippen LogP contribution >= 0.6 is 11.6 Å². The molecule has 20 heavy (non-hydrogen) atoms. The Kier molecular flexibility index (Phi) is 3.27. The highest BCUT2D eigenvalue weighted by molar-refractivity contribution is 6.30. The van der Waals surface area contributed by atoms with Crippen molar-refractivity contribution < 1.29 is 13.9 Å². The molecular weight excluding hydrogens is 282 g/mol. The molecule has 1 aliphatic carbocycles. The summed E-state index contributed by atoms with van der Waals surface area (Å²) < 4.78 is 27.0. The van der Waals surface area contributed by atoms with E-state index in [1.807, 2.05) is 0 Å². The van der Waals surface area contributed by atoms with Gasteiger partial charge in [0.1, 0.15) is 11.6 Å². The number of rotatable bonds is 2. The highest BCUT2D eigenvalue weighted by Crippen LogP contribution is 2.40. The fourth-order valence-corrected chi connectivity index (χ4v) is 3.07. The number of benzene rings is 2. The van der Waals surface area contributed by atoms with Gasteiger partial charge in [0.25, 0.3) is 0 Å². The van der Waals surface area contributed by atoms with Gasteiger partial charge < -0.3 is 5.11 Å². The molecule has 0 aliphatic heterocycles. The Hall–Kier alpha value is -1.45. The number of aliphatic hydroxyl groups is 1. The zero-order valence-electron chi connectivity index (χ0n) is 10.7. The molecule has 2 aromatic carbocycles. The van der Waals surface area contributed by atoms with E-state index in [9.17, 15) is 13.9 Å². The van der Waals surface area contributed by atoms with Crippen molar-refractivity contribution in [2.45, 2.75) is 24.9 Å². The van der Waals surface area contributed by atoms with Crippen molar-refractivity contribution in [1.82, 2.24) is 0 Å². The second-order valence-electron chi connectivity index (χ2n) is 5.25. The molecular formula is C16H13ClF2O. The summed E-state index contributed by atoms with van der Waals surface area (Å²) in [6, 6.07) is 8.63. The minimum atomic E-state index is -1.16. The molecule has 0 saturated heterocycles. The van der Waals surface area contributed by atoms with Crippen LogP contribution in [0, 0.1) is 11.6 Å². The second-order valence-corrected chi connectivity index (χ2v) is 5.68. The minimum Gasteiger partial charge on any atom is -0.385 e. The number of hydrogen-bond donors (Lipinski definition) is 1. The Morgan fingerprint density at radius 3 is 2.75 bits per heavy atom. The van der Waals surface area contributed by atoms with Crippen LogP contribution < -0.4 is 0 Å². The van der Waals surface area contributed by atoms with Crippen LogP contribution in [0.4, 0.5) is 8.78 Å². The van der Waals surface area contributed by atoms with Gasteiger partial charge >= 0.3 is 0 Å². The van der Waals surface area contributed by atoms with Gasteiger partial charge in [-0.15, -0.1) is 0 Å². The first-order chi connectivity index (χ1) is 9.48. The Balaban J connectivity index is 1.98. The van der Waals surface area contributed by atoms with Crippen LogP contribution in [-0.4, -0.2) is 5.11 Å². The Bertz CT molecular complexity index is 672. The molecule has 0 bridgehead atoms. The normalized spacial score (nSPS) is 21.0. The molecule has 1 unspecified atom stereocenters. The molecule has 104 valence electrons. The van der Waals surface area contributed by atoms with Crippen molar-refractivity contribution >= 4 is 11.6 Å². The molecule has 4 heteroatoms. The number of aryl methyl sites for hydroxylation is 1. The predicted molar refractivity (Wildman–Crippen MR) is 73.7 cm³/mol. The Morgan fingerprint density at radius 1 is 1.15 bits per heavy atom. The van der Waals surface area contributed by atoms with Crippen LogP contribution in [0.1, 0.15) is 23.1 Å². The third kappa shape index (κ3) is 2.32. The molecule has 0 heterocycles. The first-order valence-electron chi connectivity index (χ1n) is 6.43. The van der Waals surface area contributed by atoms with Crippen LogP contribution in [0.2, 0.25) is 5.02 Å². The largest absolute Gasteiger partial charge is 0.385 e. The molecule has 0 aromatic heterocycles. The van der Waals surface area contributed by atoms with Gasteiger partial charge in [0.2, 0.25) is 0 Å². The number of hydrogen-bond acceptors (Lipinski definition) is 1. The van der Waals surface area contributed by atoms with Crippen molar-refractivity contribution in [3.05, 3.63) is 69.7 Å². The average Bonchev–Trinajstić information content (AvgIpc) is 2.71. The van der Waals surface area contributed by atoms with E-state index in [4.69, 9.17) is 11.6 Å². The summed E-state index contributed by atoms with van der Waals surface area (Å²) in [6.07, 6.45) is 1.18. The van der Waals surface area contributed by atoms with Crippen molar-refractivity contribution in [1.29, 1.82) is 0 Å². The van der Waals surface area contributed by atoms with Crippen molar-refractivity contribution in [3.63, 3.8) is 0 Å². The zero-order valence-corrected chi connectivity index (χ0v) is 11.4. The summed E-state index contributed by atoms with van der Waals surface area (Å²) in [5.74, 6) is -0.708. The number of fused-ring (bicyclic) bond motifs is 1. The summed E-state index contributed by atoms with van der Waals surface area (Å²) in [5.41, 5.74) is 0.680. The lowest BCUT2D eigenvalue weighted by Crippen LogP contribution is -2.25. The maximum atomic E-state index is 13.8. The molecule has 0 spiro atoms. The molecule has 1 aliphatic rings. The van der Waals surface area contributed by atoms with E-state index < -0.39 is 11.4 Å². The maximum absolute atomic E-state index is 13.8. The Morgan fingerprint density at radius 2 is 1.95 bits per heavy atom. The van der Waals surface area contributed by atoms with Gasteiger partial charge in [-0.2, -0.15) is 0 Å². The topological polar surface area (TPSA) is 20.2 Å². The number of halogens is 3. The van der Waals surface area contributed by atoms with E-state index in [1.54, 1.807) is 6.07 Å². The predicted octanol–water partition coefficient (Wildman–Crippen LogP) is 3.99. The van der Waals surface area contributed by atoms with E-state index in [-0.39, 0.29) is 12.2 Å². The van der Waals surface area contributed by atoms with Gasteiger partial charge in [0.15, 0.2) is 0 Å². The van der Waals surface area contributed by atoms with Gasteiger partial charge in [-0.3, -0.25) is 0 Å². The third-order valence-electron chi connectivity index (χ3n) is 3.87. The molecule has 1 atom stereocenters. The highest BCUT2D eigenvalue weighted by atomic mass is 35.5. The van der Waals surface area contributed by atoms with Crippen LogP contribution in [0.5, 0.6) is 0 Å². The van der Waals surface area contributed by atoms with E-state index in [2.05, 4.69) is 0 Å². The zero-order chi connectivity index (χ0) is 14.3. The van der Waals surface area contributed by atoms with Crippen LogP contribution in [0.25, 0.3) is 0 Å². The van der Waals surface area contributed by atoms with Crippen molar-refractivity contribution in [2.75, 3.05) is 0 Å². The molecule has 2 aromatic rings. The highest BCUT2D eigenvalue weighted by Gasteiger charge is 2.37. The standard InChI is InChI=1S/C16H13ClF2O/c17-12-1-4-15(19)11(7-12)9-16(20)6-5-10-8-13(18)2-3-14(10)16/h1-4,7-8,20H,5-6,9H2. The second kappa shape index (κ2) is 4.83. The summed E-state index contributed by atoms with van der Waals surface area (Å²) in [5, 5.41) is 11.2. The lowest BCUT2D eigenvalue weighted by Gasteiger charge is -2.24. The van der Waals surface area contributed by atoms with E-state index in [0.717, 1.165) is 5.56 Å². The lowest BCUT2D eigenvalue weighted by molar-refractivity contribution is 0.0381. The Labute approximate surface area is 120 Å². The van der Waals surface area contributed by atoms with E-state index >= 15 is 0 Å². The fraction of sp³-hybridized carbons (Fsp3) is 0.250. The maximum Gasteiger partial charge on any atom is 0.126 e. The summed E-state index contributed by atoms with van der Waals surface area (Å²) in [6.45, 7) is 0.